The maximum atomic E-state index is 5.68. The van der Waals surface area contributed by atoms with Crippen molar-refractivity contribution >= 4 is 11.6 Å². The molecule has 2 heterocycles. The van der Waals surface area contributed by atoms with E-state index in [2.05, 4.69) is 15.3 Å². The summed E-state index contributed by atoms with van der Waals surface area (Å²) in [5.74, 6) is 0. The highest BCUT2D eigenvalue weighted by atomic mass is 35.5. The van der Waals surface area contributed by atoms with Crippen LogP contribution in [0.4, 0.5) is 0 Å². The van der Waals surface area contributed by atoms with Gasteiger partial charge in [-0.05, 0) is 25.8 Å². The van der Waals surface area contributed by atoms with Crippen LogP contribution in [-0.4, -0.2) is 29.2 Å². The summed E-state index contributed by atoms with van der Waals surface area (Å²) in [6.45, 7) is 1.78. The SMILES string of the molecule is Clc1cnc(OCCC2CCCCN2)nc1. The molecule has 1 aliphatic heterocycles. The molecule has 1 fully saturated rings. The first-order valence-electron chi connectivity index (χ1n) is 5.68. The Labute approximate surface area is 100 Å². The van der Waals surface area contributed by atoms with E-state index in [1.54, 1.807) is 12.4 Å². The van der Waals surface area contributed by atoms with E-state index in [1.165, 1.54) is 19.3 Å². The Morgan fingerprint density at radius 2 is 2.19 bits per heavy atom. The third-order valence-electron chi connectivity index (χ3n) is 2.71. The number of ether oxygens (including phenoxy) is 1. The van der Waals surface area contributed by atoms with Gasteiger partial charge < -0.3 is 10.1 Å². The molecule has 1 aromatic heterocycles. The molecule has 1 unspecified atom stereocenters. The summed E-state index contributed by atoms with van der Waals surface area (Å²) >= 11 is 5.68. The van der Waals surface area contributed by atoms with Crippen LogP contribution < -0.4 is 10.1 Å². The zero-order valence-electron chi connectivity index (χ0n) is 9.16. The van der Waals surface area contributed by atoms with Gasteiger partial charge in [0.2, 0.25) is 0 Å². The lowest BCUT2D eigenvalue weighted by Gasteiger charge is -2.22. The predicted octanol–water partition coefficient (Wildman–Crippen LogP) is 2.04. The van der Waals surface area contributed by atoms with Gasteiger partial charge in [0.15, 0.2) is 0 Å². The van der Waals surface area contributed by atoms with Gasteiger partial charge >= 0.3 is 6.01 Å². The van der Waals surface area contributed by atoms with Gasteiger partial charge in [-0.1, -0.05) is 18.0 Å². The Kier molecular flexibility index (Phi) is 4.36. The van der Waals surface area contributed by atoms with Crippen molar-refractivity contribution in [2.24, 2.45) is 0 Å². The smallest absolute Gasteiger partial charge is 0.316 e. The average molecular weight is 242 g/mol. The third kappa shape index (κ3) is 3.61. The van der Waals surface area contributed by atoms with Gasteiger partial charge in [0.05, 0.1) is 24.0 Å². The van der Waals surface area contributed by atoms with E-state index in [1.807, 2.05) is 0 Å². The van der Waals surface area contributed by atoms with Crippen molar-refractivity contribution in [1.29, 1.82) is 0 Å². The zero-order chi connectivity index (χ0) is 11.2. The molecule has 1 aromatic rings. The van der Waals surface area contributed by atoms with Gasteiger partial charge in [-0.15, -0.1) is 0 Å². The number of nitrogens with zero attached hydrogens (tertiary/aromatic N) is 2. The summed E-state index contributed by atoms with van der Waals surface area (Å²) in [6.07, 6.45) is 7.94. The number of piperidine rings is 1. The van der Waals surface area contributed by atoms with E-state index >= 15 is 0 Å². The lowest BCUT2D eigenvalue weighted by atomic mass is 10.0. The van der Waals surface area contributed by atoms with Gasteiger partial charge in [0.25, 0.3) is 0 Å². The number of nitrogens with one attached hydrogen (secondary N) is 1. The molecule has 0 radical (unpaired) electrons. The van der Waals surface area contributed by atoms with E-state index in [-0.39, 0.29) is 0 Å². The third-order valence-corrected chi connectivity index (χ3v) is 2.90. The van der Waals surface area contributed by atoms with E-state index in [0.717, 1.165) is 13.0 Å². The zero-order valence-corrected chi connectivity index (χ0v) is 9.91. The Hall–Kier alpha value is -0.870. The van der Waals surface area contributed by atoms with Crippen LogP contribution in [0.15, 0.2) is 12.4 Å². The summed E-state index contributed by atoms with van der Waals surface area (Å²) in [5.41, 5.74) is 0. The maximum Gasteiger partial charge on any atom is 0.316 e. The van der Waals surface area contributed by atoms with Crippen LogP contribution in [0.25, 0.3) is 0 Å². The minimum Gasteiger partial charge on any atom is -0.463 e. The van der Waals surface area contributed by atoms with Crippen LogP contribution in [0.3, 0.4) is 0 Å². The molecule has 5 heteroatoms. The molecule has 0 amide bonds. The fraction of sp³-hybridized carbons (Fsp3) is 0.636. The van der Waals surface area contributed by atoms with Gasteiger partial charge in [0, 0.05) is 6.04 Å². The standard InChI is InChI=1S/C11H16ClN3O/c12-9-7-14-11(15-8-9)16-6-4-10-3-1-2-5-13-10/h7-8,10,13H,1-6H2. The van der Waals surface area contributed by atoms with E-state index in [0.29, 0.717) is 23.7 Å². The summed E-state index contributed by atoms with van der Waals surface area (Å²) in [7, 11) is 0. The second-order valence-corrected chi connectivity index (χ2v) is 4.40. The fourth-order valence-corrected chi connectivity index (χ4v) is 1.94. The first-order valence-corrected chi connectivity index (χ1v) is 6.06. The number of halogens is 1. The highest BCUT2D eigenvalue weighted by Crippen LogP contribution is 2.11. The second-order valence-electron chi connectivity index (χ2n) is 3.97. The molecule has 2 rings (SSSR count). The van der Waals surface area contributed by atoms with Crippen molar-refractivity contribution < 1.29 is 4.74 Å². The molecule has 1 atom stereocenters. The van der Waals surface area contributed by atoms with Crippen LogP contribution in [0.2, 0.25) is 5.02 Å². The summed E-state index contributed by atoms with van der Waals surface area (Å²) in [6, 6.07) is 0.987. The van der Waals surface area contributed by atoms with Crippen LogP contribution in [-0.2, 0) is 0 Å². The van der Waals surface area contributed by atoms with Crippen LogP contribution >= 0.6 is 11.6 Å². The Morgan fingerprint density at radius 3 is 2.88 bits per heavy atom. The molecule has 0 aromatic carbocycles. The predicted molar refractivity (Wildman–Crippen MR) is 62.8 cm³/mol. The summed E-state index contributed by atoms with van der Waals surface area (Å²) in [5, 5.41) is 4.00. The lowest BCUT2D eigenvalue weighted by Crippen LogP contribution is -2.35. The van der Waals surface area contributed by atoms with Crippen molar-refractivity contribution in [3.05, 3.63) is 17.4 Å². The molecule has 0 bridgehead atoms. The highest BCUT2D eigenvalue weighted by molar-refractivity contribution is 6.30. The lowest BCUT2D eigenvalue weighted by molar-refractivity contribution is 0.252. The van der Waals surface area contributed by atoms with Gasteiger partial charge in [0.1, 0.15) is 0 Å². The molecule has 88 valence electrons. The van der Waals surface area contributed by atoms with Crippen molar-refractivity contribution in [2.45, 2.75) is 31.7 Å². The van der Waals surface area contributed by atoms with Gasteiger partial charge in [-0.3, -0.25) is 0 Å². The molecule has 4 nitrogen and oxygen atoms in total. The number of hydrogen-bond acceptors (Lipinski definition) is 4. The summed E-state index contributed by atoms with van der Waals surface area (Å²) < 4.78 is 5.44. The number of hydrogen-bond donors (Lipinski definition) is 1. The molecule has 0 spiro atoms. The first-order chi connectivity index (χ1) is 7.84. The largest absolute Gasteiger partial charge is 0.463 e. The number of rotatable bonds is 4. The Balaban J connectivity index is 1.69. The van der Waals surface area contributed by atoms with Crippen molar-refractivity contribution in [3.8, 4) is 6.01 Å². The highest BCUT2D eigenvalue weighted by Gasteiger charge is 2.12. The second kappa shape index (κ2) is 6.01. The molecule has 1 N–H and O–H groups in total. The molecule has 16 heavy (non-hydrogen) atoms. The molecular formula is C11H16ClN3O. The van der Waals surface area contributed by atoms with Crippen molar-refractivity contribution in [2.75, 3.05) is 13.2 Å². The maximum absolute atomic E-state index is 5.68. The van der Waals surface area contributed by atoms with Crippen LogP contribution in [0.5, 0.6) is 6.01 Å². The summed E-state index contributed by atoms with van der Waals surface area (Å²) in [4.78, 5) is 7.95. The topological polar surface area (TPSA) is 47.0 Å². The van der Waals surface area contributed by atoms with E-state index in [4.69, 9.17) is 16.3 Å². The average Bonchev–Trinajstić information content (AvgIpc) is 2.33. The van der Waals surface area contributed by atoms with Crippen molar-refractivity contribution in [3.63, 3.8) is 0 Å². The Bertz CT molecular complexity index is 312. The minimum atomic E-state index is 0.403. The monoisotopic (exact) mass is 241 g/mol. The first kappa shape index (κ1) is 11.6. The quantitative estimate of drug-likeness (QED) is 0.877. The van der Waals surface area contributed by atoms with E-state index < -0.39 is 0 Å². The van der Waals surface area contributed by atoms with Crippen LogP contribution in [0, 0.1) is 0 Å². The van der Waals surface area contributed by atoms with Crippen LogP contribution in [0.1, 0.15) is 25.7 Å². The molecule has 1 saturated heterocycles. The molecular weight excluding hydrogens is 226 g/mol. The van der Waals surface area contributed by atoms with Gasteiger partial charge in [-0.2, -0.15) is 0 Å². The van der Waals surface area contributed by atoms with Gasteiger partial charge in [-0.25, -0.2) is 9.97 Å². The normalized spacial score (nSPS) is 20.7. The minimum absolute atomic E-state index is 0.403. The molecule has 0 saturated carbocycles. The fourth-order valence-electron chi connectivity index (χ4n) is 1.84. The van der Waals surface area contributed by atoms with Crippen molar-refractivity contribution in [1.82, 2.24) is 15.3 Å². The van der Waals surface area contributed by atoms with E-state index in [9.17, 15) is 0 Å². The molecule has 0 aliphatic carbocycles. The molecule has 1 aliphatic rings. The Morgan fingerprint density at radius 1 is 1.38 bits per heavy atom. The number of aromatic nitrogens is 2.